The SMILES string of the molecule is COCc1[nH]nc(-c2cc(C(=O)N3CC(c4ccc(C)cc4)C3)ccc2C)c1C. The molecule has 0 bridgehead atoms. The van der Waals surface area contributed by atoms with Crippen LogP contribution in [0.15, 0.2) is 42.5 Å². The summed E-state index contributed by atoms with van der Waals surface area (Å²) in [4.78, 5) is 14.9. The number of carbonyl (C=O) groups is 1. The van der Waals surface area contributed by atoms with Crippen LogP contribution in [-0.4, -0.2) is 41.2 Å². The van der Waals surface area contributed by atoms with Gasteiger partial charge in [0.1, 0.15) is 0 Å². The summed E-state index contributed by atoms with van der Waals surface area (Å²) in [5.74, 6) is 0.509. The van der Waals surface area contributed by atoms with E-state index in [1.165, 1.54) is 11.1 Å². The van der Waals surface area contributed by atoms with Crippen LogP contribution in [0, 0.1) is 20.8 Å². The molecule has 0 atom stereocenters. The Labute approximate surface area is 171 Å². The van der Waals surface area contributed by atoms with Gasteiger partial charge in [0, 0.05) is 42.8 Å². The van der Waals surface area contributed by atoms with Crippen LogP contribution in [0.25, 0.3) is 11.3 Å². The quantitative estimate of drug-likeness (QED) is 0.704. The number of H-pyrrole nitrogens is 1. The minimum Gasteiger partial charge on any atom is -0.378 e. The lowest BCUT2D eigenvalue weighted by Gasteiger charge is -2.39. The molecule has 1 aromatic heterocycles. The summed E-state index contributed by atoms with van der Waals surface area (Å²) >= 11 is 0. The van der Waals surface area contributed by atoms with Crippen molar-refractivity contribution in [3.63, 3.8) is 0 Å². The van der Waals surface area contributed by atoms with Crippen LogP contribution < -0.4 is 0 Å². The van der Waals surface area contributed by atoms with Gasteiger partial charge in [-0.15, -0.1) is 0 Å². The lowest BCUT2D eigenvalue weighted by molar-refractivity contribution is 0.0602. The topological polar surface area (TPSA) is 58.2 Å². The normalized spacial score (nSPS) is 14.1. The molecule has 150 valence electrons. The van der Waals surface area contributed by atoms with E-state index in [1.54, 1.807) is 7.11 Å². The van der Waals surface area contributed by atoms with E-state index in [1.807, 2.05) is 36.9 Å². The van der Waals surface area contributed by atoms with Crippen molar-refractivity contribution in [2.24, 2.45) is 0 Å². The van der Waals surface area contributed by atoms with E-state index >= 15 is 0 Å². The number of methoxy groups -OCH3 is 1. The number of aromatic nitrogens is 2. The maximum absolute atomic E-state index is 13.0. The summed E-state index contributed by atoms with van der Waals surface area (Å²) in [6.45, 7) is 8.20. The van der Waals surface area contributed by atoms with Gasteiger partial charge >= 0.3 is 0 Å². The first-order chi connectivity index (χ1) is 14.0. The largest absolute Gasteiger partial charge is 0.378 e. The predicted molar refractivity (Wildman–Crippen MR) is 114 cm³/mol. The maximum Gasteiger partial charge on any atom is 0.253 e. The molecule has 5 heteroatoms. The highest BCUT2D eigenvalue weighted by molar-refractivity contribution is 5.96. The van der Waals surface area contributed by atoms with Gasteiger partial charge in [0.05, 0.1) is 18.0 Å². The first-order valence-corrected chi connectivity index (χ1v) is 9.97. The number of amides is 1. The number of hydrogen-bond donors (Lipinski definition) is 1. The number of ether oxygens (including phenoxy) is 1. The smallest absolute Gasteiger partial charge is 0.253 e. The highest BCUT2D eigenvalue weighted by Gasteiger charge is 2.32. The maximum atomic E-state index is 13.0. The second-order valence-corrected chi connectivity index (χ2v) is 7.96. The molecule has 1 saturated heterocycles. The van der Waals surface area contributed by atoms with Gasteiger partial charge in [-0.2, -0.15) is 5.10 Å². The third-order valence-electron chi connectivity index (χ3n) is 5.86. The standard InChI is InChI=1S/C24H27N3O2/c1-15-5-8-18(9-6-15)20-12-27(13-20)24(28)19-10-7-16(2)21(11-19)23-17(3)22(14-29-4)25-26-23/h5-11,20H,12-14H2,1-4H3,(H,25,26). The van der Waals surface area contributed by atoms with Crippen molar-refractivity contribution < 1.29 is 9.53 Å². The molecular formula is C24H27N3O2. The predicted octanol–water partition coefficient (Wildman–Crippen LogP) is 4.39. The van der Waals surface area contributed by atoms with Crippen LogP contribution in [-0.2, 0) is 11.3 Å². The van der Waals surface area contributed by atoms with Crippen molar-refractivity contribution >= 4 is 5.91 Å². The van der Waals surface area contributed by atoms with Crippen LogP contribution in [0.3, 0.4) is 0 Å². The Bertz CT molecular complexity index is 1030. The zero-order valence-electron chi connectivity index (χ0n) is 17.5. The number of hydrogen-bond acceptors (Lipinski definition) is 3. The number of aromatic amines is 1. The molecule has 5 nitrogen and oxygen atoms in total. The summed E-state index contributed by atoms with van der Waals surface area (Å²) in [6, 6.07) is 14.5. The summed E-state index contributed by atoms with van der Waals surface area (Å²) < 4.78 is 5.22. The minimum atomic E-state index is 0.0833. The number of aryl methyl sites for hydroxylation is 2. The van der Waals surface area contributed by atoms with Gasteiger partial charge in [0.2, 0.25) is 0 Å². The van der Waals surface area contributed by atoms with Crippen LogP contribution in [0.5, 0.6) is 0 Å². The molecule has 1 aliphatic heterocycles. The molecule has 1 N–H and O–H groups in total. The Balaban J connectivity index is 1.52. The molecule has 3 aromatic rings. The molecular weight excluding hydrogens is 362 g/mol. The second-order valence-electron chi connectivity index (χ2n) is 7.96. The van der Waals surface area contributed by atoms with Gasteiger partial charge in [-0.1, -0.05) is 35.9 Å². The molecule has 2 aromatic carbocycles. The van der Waals surface area contributed by atoms with E-state index < -0.39 is 0 Å². The van der Waals surface area contributed by atoms with Crippen LogP contribution in [0.2, 0.25) is 0 Å². The van der Waals surface area contributed by atoms with E-state index in [0.29, 0.717) is 18.1 Å². The van der Waals surface area contributed by atoms with Gasteiger partial charge < -0.3 is 9.64 Å². The highest BCUT2D eigenvalue weighted by atomic mass is 16.5. The molecule has 0 radical (unpaired) electrons. The molecule has 29 heavy (non-hydrogen) atoms. The fraction of sp³-hybridized carbons (Fsp3) is 0.333. The Kier molecular flexibility index (Phi) is 5.24. The van der Waals surface area contributed by atoms with Gasteiger partial charge in [0.15, 0.2) is 0 Å². The number of nitrogens with zero attached hydrogens (tertiary/aromatic N) is 2. The fourth-order valence-electron chi connectivity index (χ4n) is 3.87. The Hall–Kier alpha value is -2.92. The van der Waals surface area contributed by atoms with Crippen molar-refractivity contribution in [3.8, 4) is 11.3 Å². The minimum absolute atomic E-state index is 0.0833. The third kappa shape index (κ3) is 3.70. The number of carbonyl (C=O) groups excluding carboxylic acids is 1. The number of likely N-dealkylation sites (tertiary alicyclic amines) is 1. The monoisotopic (exact) mass is 389 g/mol. The van der Waals surface area contributed by atoms with Crippen LogP contribution in [0.1, 0.15) is 44.2 Å². The van der Waals surface area contributed by atoms with E-state index in [9.17, 15) is 4.79 Å². The summed E-state index contributed by atoms with van der Waals surface area (Å²) in [5.41, 5.74) is 8.26. The van der Waals surface area contributed by atoms with Crippen LogP contribution in [0.4, 0.5) is 0 Å². The van der Waals surface area contributed by atoms with E-state index in [2.05, 4.69) is 41.4 Å². The van der Waals surface area contributed by atoms with Crippen LogP contribution >= 0.6 is 0 Å². The fourth-order valence-corrected chi connectivity index (χ4v) is 3.87. The molecule has 1 fully saturated rings. The molecule has 0 saturated carbocycles. The highest BCUT2D eigenvalue weighted by Crippen LogP contribution is 2.31. The number of rotatable bonds is 5. The van der Waals surface area contributed by atoms with Crippen molar-refractivity contribution in [2.45, 2.75) is 33.3 Å². The lowest BCUT2D eigenvalue weighted by atomic mass is 9.90. The average molecular weight is 389 g/mol. The van der Waals surface area contributed by atoms with Gasteiger partial charge in [0.25, 0.3) is 5.91 Å². The number of nitrogens with one attached hydrogen (secondary N) is 1. The number of benzene rings is 2. The molecule has 4 rings (SSSR count). The van der Waals surface area contributed by atoms with E-state index in [4.69, 9.17) is 4.74 Å². The van der Waals surface area contributed by atoms with Crippen molar-refractivity contribution in [1.82, 2.24) is 15.1 Å². The molecule has 1 aliphatic rings. The average Bonchev–Trinajstić information content (AvgIpc) is 3.03. The van der Waals surface area contributed by atoms with Gasteiger partial charge in [-0.05, 0) is 44.0 Å². The second kappa shape index (κ2) is 7.84. The van der Waals surface area contributed by atoms with Crippen molar-refractivity contribution in [1.29, 1.82) is 0 Å². The summed E-state index contributed by atoms with van der Waals surface area (Å²) in [7, 11) is 1.67. The molecule has 0 unspecified atom stereocenters. The summed E-state index contributed by atoms with van der Waals surface area (Å²) in [5, 5.41) is 7.53. The third-order valence-corrected chi connectivity index (χ3v) is 5.86. The first kappa shape index (κ1) is 19.4. The zero-order valence-corrected chi connectivity index (χ0v) is 17.5. The summed E-state index contributed by atoms with van der Waals surface area (Å²) in [6.07, 6.45) is 0. The molecule has 0 spiro atoms. The Morgan fingerprint density at radius 3 is 2.55 bits per heavy atom. The van der Waals surface area contributed by atoms with Gasteiger partial charge in [-0.3, -0.25) is 9.89 Å². The van der Waals surface area contributed by atoms with Crippen molar-refractivity contribution in [2.75, 3.05) is 20.2 Å². The first-order valence-electron chi connectivity index (χ1n) is 9.97. The van der Waals surface area contributed by atoms with Gasteiger partial charge in [-0.25, -0.2) is 0 Å². The zero-order chi connectivity index (χ0) is 20.5. The molecule has 0 aliphatic carbocycles. The Morgan fingerprint density at radius 2 is 1.86 bits per heavy atom. The van der Waals surface area contributed by atoms with E-state index in [-0.39, 0.29) is 5.91 Å². The molecule has 2 heterocycles. The lowest BCUT2D eigenvalue weighted by Crippen LogP contribution is -2.48. The van der Waals surface area contributed by atoms with E-state index in [0.717, 1.165) is 41.2 Å². The molecule has 1 amide bonds. The van der Waals surface area contributed by atoms with Crippen molar-refractivity contribution in [3.05, 3.63) is 76.0 Å². The Morgan fingerprint density at radius 1 is 1.14 bits per heavy atom.